The molecule has 0 saturated heterocycles. The third-order valence-electron chi connectivity index (χ3n) is 6.87. The molecule has 6 rings (SSSR count). The van der Waals surface area contributed by atoms with Gasteiger partial charge in [-0.25, -0.2) is 13.2 Å². The van der Waals surface area contributed by atoms with Crippen LogP contribution in [0.15, 0.2) is 64.4 Å². The highest BCUT2D eigenvalue weighted by atomic mass is 32.2. The van der Waals surface area contributed by atoms with Gasteiger partial charge >= 0.3 is 6.03 Å². The maximum atomic E-state index is 12.8. The molecule has 4 aliphatic rings. The summed E-state index contributed by atoms with van der Waals surface area (Å²) in [5.74, 6) is 2.25. The van der Waals surface area contributed by atoms with E-state index in [1.54, 1.807) is 48.5 Å². The Balaban J connectivity index is 1.31. The average Bonchev–Trinajstić information content (AvgIpc) is 2.67. The van der Waals surface area contributed by atoms with Gasteiger partial charge in [-0.3, -0.25) is 0 Å². The number of benzene rings is 2. The Kier molecular flexibility index (Phi) is 4.42. The van der Waals surface area contributed by atoms with Crippen molar-refractivity contribution in [2.75, 3.05) is 5.32 Å². The number of amides is 2. The van der Waals surface area contributed by atoms with Gasteiger partial charge in [-0.1, -0.05) is 24.3 Å². The average molecular weight is 411 g/mol. The maximum absolute atomic E-state index is 12.8. The molecular formula is C23H26N2O3S. The van der Waals surface area contributed by atoms with Crippen molar-refractivity contribution in [1.29, 1.82) is 0 Å². The molecule has 0 aliphatic heterocycles. The second-order valence-electron chi connectivity index (χ2n) is 9.12. The van der Waals surface area contributed by atoms with Gasteiger partial charge in [0.1, 0.15) is 0 Å². The van der Waals surface area contributed by atoms with Gasteiger partial charge in [-0.2, -0.15) is 0 Å². The summed E-state index contributed by atoms with van der Waals surface area (Å²) in [6.07, 6.45) is 7.20. The summed E-state index contributed by atoms with van der Waals surface area (Å²) in [6.45, 7) is 0. The fraction of sp³-hybridized carbons (Fsp3) is 0.435. The van der Waals surface area contributed by atoms with Crippen LogP contribution in [0.2, 0.25) is 0 Å². The van der Waals surface area contributed by atoms with Crippen molar-refractivity contribution in [2.45, 2.75) is 53.9 Å². The van der Waals surface area contributed by atoms with E-state index in [4.69, 9.17) is 0 Å². The summed E-state index contributed by atoms with van der Waals surface area (Å²) >= 11 is 0. The topological polar surface area (TPSA) is 75.3 Å². The van der Waals surface area contributed by atoms with E-state index in [9.17, 15) is 13.2 Å². The molecule has 2 N–H and O–H groups in total. The lowest BCUT2D eigenvalue weighted by Crippen LogP contribution is -2.60. The third-order valence-corrected chi connectivity index (χ3v) is 8.64. The van der Waals surface area contributed by atoms with E-state index in [0.717, 1.165) is 37.0 Å². The third kappa shape index (κ3) is 3.54. The first-order valence-electron chi connectivity index (χ1n) is 10.4. The summed E-state index contributed by atoms with van der Waals surface area (Å²) in [5, 5.41) is 6.13. The van der Waals surface area contributed by atoms with E-state index in [1.165, 1.54) is 25.3 Å². The minimum atomic E-state index is -3.61. The Labute approximate surface area is 171 Å². The normalized spacial score (nSPS) is 30.1. The summed E-state index contributed by atoms with van der Waals surface area (Å²) in [7, 11) is -3.61. The number of hydrogen-bond acceptors (Lipinski definition) is 3. The molecule has 152 valence electrons. The first-order valence-corrected chi connectivity index (χ1v) is 11.9. The second-order valence-corrected chi connectivity index (χ2v) is 11.1. The van der Waals surface area contributed by atoms with E-state index in [2.05, 4.69) is 10.6 Å². The number of anilines is 1. The lowest BCUT2D eigenvalue weighted by molar-refractivity contribution is -0.0127. The fourth-order valence-electron chi connectivity index (χ4n) is 6.14. The Morgan fingerprint density at radius 1 is 0.828 bits per heavy atom. The van der Waals surface area contributed by atoms with E-state index in [1.807, 2.05) is 0 Å². The van der Waals surface area contributed by atoms with Gasteiger partial charge in [-0.05, 0) is 86.6 Å². The standard InChI is InChI=1S/C23H26N2O3S/c26-22(25-23-13-16-9-17(14-23)11-18(10-16)15-23)24-19-5-4-8-21(12-19)29(27,28)20-6-2-1-3-7-20/h1-8,12,16-18H,9-11,13-15H2,(H2,24,25,26). The molecule has 4 saturated carbocycles. The van der Waals surface area contributed by atoms with Crippen LogP contribution in [-0.4, -0.2) is 20.0 Å². The van der Waals surface area contributed by atoms with Crippen molar-refractivity contribution >= 4 is 21.6 Å². The van der Waals surface area contributed by atoms with Crippen LogP contribution in [-0.2, 0) is 9.84 Å². The van der Waals surface area contributed by atoms with E-state index < -0.39 is 9.84 Å². The Morgan fingerprint density at radius 3 is 2.03 bits per heavy atom. The minimum absolute atomic E-state index is 0.0768. The molecule has 2 aromatic carbocycles. The van der Waals surface area contributed by atoms with Gasteiger partial charge in [0.15, 0.2) is 0 Å². The van der Waals surface area contributed by atoms with Crippen LogP contribution in [0.5, 0.6) is 0 Å². The van der Waals surface area contributed by atoms with Crippen LogP contribution in [0, 0.1) is 17.8 Å². The number of hydrogen-bond donors (Lipinski definition) is 2. The lowest BCUT2D eigenvalue weighted by Gasteiger charge is -2.56. The summed E-state index contributed by atoms with van der Waals surface area (Å²) < 4.78 is 25.7. The molecule has 0 aromatic heterocycles. The summed E-state index contributed by atoms with van der Waals surface area (Å²) in [4.78, 5) is 13.2. The molecule has 2 amide bonds. The van der Waals surface area contributed by atoms with Crippen LogP contribution in [0.25, 0.3) is 0 Å². The zero-order chi connectivity index (χ0) is 20.1. The highest BCUT2D eigenvalue weighted by Crippen LogP contribution is 2.55. The highest BCUT2D eigenvalue weighted by molar-refractivity contribution is 7.91. The first kappa shape index (κ1) is 18.7. The summed E-state index contributed by atoms with van der Waals surface area (Å²) in [5.41, 5.74) is 0.413. The van der Waals surface area contributed by atoms with E-state index in [-0.39, 0.29) is 21.4 Å². The number of carbonyl (C=O) groups excluding carboxylic acids is 1. The van der Waals surface area contributed by atoms with Crippen LogP contribution in [0.1, 0.15) is 38.5 Å². The molecule has 6 heteroatoms. The quantitative estimate of drug-likeness (QED) is 0.773. The highest BCUT2D eigenvalue weighted by Gasteiger charge is 2.51. The van der Waals surface area contributed by atoms with Crippen molar-refractivity contribution < 1.29 is 13.2 Å². The Bertz CT molecular complexity index is 998. The van der Waals surface area contributed by atoms with Crippen molar-refractivity contribution in [3.8, 4) is 0 Å². The van der Waals surface area contributed by atoms with Gasteiger partial charge in [-0.15, -0.1) is 0 Å². The molecule has 0 heterocycles. The Hall–Kier alpha value is -2.34. The molecule has 4 aliphatic carbocycles. The molecule has 0 radical (unpaired) electrons. The largest absolute Gasteiger partial charge is 0.332 e. The van der Waals surface area contributed by atoms with E-state index in [0.29, 0.717) is 5.69 Å². The smallest absolute Gasteiger partial charge is 0.319 e. The van der Waals surface area contributed by atoms with Crippen LogP contribution >= 0.6 is 0 Å². The van der Waals surface area contributed by atoms with Gasteiger partial charge in [0.2, 0.25) is 9.84 Å². The predicted molar refractivity (Wildman–Crippen MR) is 111 cm³/mol. The monoisotopic (exact) mass is 410 g/mol. The number of nitrogens with one attached hydrogen (secondary N) is 2. The molecule has 5 nitrogen and oxygen atoms in total. The number of sulfone groups is 1. The van der Waals surface area contributed by atoms with Crippen LogP contribution in [0.4, 0.5) is 10.5 Å². The van der Waals surface area contributed by atoms with E-state index >= 15 is 0 Å². The number of urea groups is 1. The first-order chi connectivity index (χ1) is 13.9. The van der Waals surface area contributed by atoms with Crippen molar-refractivity contribution in [3.63, 3.8) is 0 Å². The minimum Gasteiger partial charge on any atom is -0.332 e. The lowest BCUT2D eigenvalue weighted by atomic mass is 9.53. The predicted octanol–water partition coefficient (Wildman–Crippen LogP) is 4.61. The zero-order valence-corrected chi connectivity index (χ0v) is 17.1. The van der Waals surface area contributed by atoms with Crippen molar-refractivity contribution in [3.05, 3.63) is 54.6 Å². The van der Waals surface area contributed by atoms with Crippen molar-refractivity contribution in [2.24, 2.45) is 17.8 Å². The molecule has 0 unspecified atom stereocenters. The zero-order valence-electron chi connectivity index (χ0n) is 16.3. The molecule has 2 aromatic rings. The SMILES string of the molecule is O=C(Nc1cccc(S(=O)(=O)c2ccccc2)c1)NC12CC3CC(CC(C3)C1)C2. The molecule has 29 heavy (non-hydrogen) atoms. The van der Waals surface area contributed by atoms with Gasteiger partial charge in [0.05, 0.1) is 9.79 Å². The van der Waals surface area contributed by atoms with Gasteiger partial charge < -0.3 is 10.6 Å². The molecule has 4 bridgehead atoms. The number of rotatable bonds is 4. The summed E-state index contributed by atoms with van der Waals surface area (Å²) in [6, 6.07) is 14.6. The van der Waals surface area contributed by atoms with Crippen LogP contribution in [0.3, 0.4) is 0 Å². The molecule has 4 fully saturated rings. The maximum Gasteiger partial charge on any atom is 0.319 e. The Morgan fingerprint density at radius 2 is 1.41 bits per heavy atom. The second kappa shape index (κ2) is 6.87. The van der Waals surface area contributed by atoms with Crippen LogP contribution < -0.4 is 10.6 Å². The van der Waals surface area contributed by atoms with Gasteiger partial charge in [0, 0.05) is 11.2 Å². The molecule has 0 spiro atoms. The van der Waals surface area contributed by atoms with Crippen molar-refractivity contribution in [1.82, 2.24) is 5.32 Å². The molecule has 0 atom stereocenters. The number of carbonyl (C=O) groups is 1. The van der Waals surface area contributed by atoms with Gasteiger partial charge in [0.25, 0.3) is 0 Å². The fourth-order valence-corrected chi connectivity index (χ4v) is 7.47. The molecular weight excluding hydrogens is 384 g/mol.